The first-order valence-electron chi connectivity index (χ1n) is 12.4. The molecule has 0 bridgehead atoms. The van der Waals surface area contributed by atoms with Crippen LogP contribution in [-0.4, -0.2) is 99.3 Å². The molecule has 0 amide bonds. The molecule has 1 atom stereocenters. The Balaban J connectivity index is 1.34. The van der Waals surface area contributed by atoms with E-state index in [1.165, 1.54) is 17.7 Å². The number of piperidine rings is 1. The summed E-state index contributed by atoms with van der Waals surface area (Å²) in [5.41, 5.74) is 1.24. The van der Waals surface area contributed by atoms with Crippen molar-refractivity contribution in [3.8, 4) is 17.0 Å². The normalized spacial score (nSPS) is 20.1. The molecule has 0 aliphatic carbocycles. The third kappa shape index (κ3) is 4.42. The average Bonchev–Trinajstić information content (AvgIpc) is 3.44. The van der Waals surface area contributed by atoms with E-state index in [2.05, 4.69) is 25.7 Å². The molecule has 208 valence electrons. The van der Waals surface area contributed by atoms with Crippen molar-refractivity contribution in [2.24, 2.45) is 0 Å². The van der Waals surface area contributed by atoms with E-state index in [-0.39, 0.29) is 35.4 Å². The van der Waals surface area contributed by atoms with Gasteiger partial charge in [-0.1, -0.05) is 11.3 Å². The van der Waals surface area contributed by atoms with Crippen LogP contribution >= 0.6 is 0 Å². The van der Waals surface area contributed by atoms with Crippen molar-refractivity contribution in [2.75, 3.05) is 52.1 Å². The third-order valence-corrected chi connectivity index (χ3v) is 7.28. The Morgan fingerprint density at radius 2 is 2.03 bits per heavy atom. The van der Waals surface area contributed by atoms with E-state index < -0.39 is 43.7 Å². The number of hydrogen-bond acceptors (Lipinski definition) is 8. The second kappa shape index (κ2) is 9.86. The summed E-state index contributed by atoms with van der Waals surface area (Å²) >= 11 is 0. The number of nitrogens with one attached hydrogen (secondary N) is 1. The van der Waals surface area contributed by atoms with Gasteiger partial charge < -0.3 is 14.8 Å². The summed E-state index contributed by atoms with van der Waals surface area (Å²) in [5, 5.41) is 14.7. The molecule has 0 spiro atoms. The van der Waals surface area contributed by atoms with Crippen molar-refractivity contribution < 1.29 is 31.4 Å². The van der Waals surface area contributed by atoms with Crippen LogP contribution in [0.4, 0.5) is 27.9 Å². The van der Waals surface area contributed by atoms with Crippen LogP contribution in [0.25, 0.3) is 27.7 Å². The number of nitrogens with zero attached hydrogens (tertiary/aromatic N) is 7. The molecule has 0 radical (unpaired) electrons. The van der Waals surface area contributed by atoms with Gasteiger partial charge >= 0.3 is 0 Å². The molecule has 2 aliphatic heterocycles. The van der Waals surface area contributed by atoms with E-state index in [1.54, 1.807) is 17.0 Å². The minimum atomic E-state index is -3.06. The fraction of sp³-hybridized carbons (Fsp3) is 0.500. The van der Waals surface area contributed by atoms with Gasteiger partial charge in [0, 0.05) is 6.54 Å². The Morgan fingerprint density at radius 1 is 1.23 bits per heavy atom. The fourth-order valence-electron chi connectivity index (χ4n) is 5.08. The fourth-order valence-corrected chi connectivity index (χ4v) is 5.08. The van der Waals surface area contributed by atoms with Crippen molar-refractivity contribution in [2.45, 2.75) is 30.5 Å². The summed E-state index contributed by atoms with van der Waals surface area (Å²) in [6.45, 7) is -1.04. The maximum absolute atomic E-state index is 15.3. The Labute approximate surface area is 218 Å². The van der Waals surface area contributed by atoms with Crippen LogP contribution in [0.5, 0.6) is 5.88 Å². The number of ether oxygens (including phenoxy) is 2. The maximum Gasteiger partial charge on any atom is 0.280 e. The monoisotopic (exact) mass is 552 g/mol. The lowest BCUT2D eigenvalue weighted by molar-refractivity contribution is -0.131. The van der Waals surface area contributed by atoms with Gasteiger partial charge in [0.2, 0.25) is 11.8 Å². The second-order valence-electron chi connectivity index (χ2n) is 9.70. The highest BCUT2D eigenvalue weighted by Crippen LogP contribution is 2.37. The molecule has 3 aromatic heterocycles. The minimum Gasteiger partial charge on any atom is -0.479 e. The molecular weight excluding hydrogens is 527 g/mol. The highest BCUT2D eigenvalue weighted by atomic mass is 19.3. The number of anilines is 1. The Kier molecular flexibility index (Phi) is 6.49. The van der Waals surface area contributed by atoms with Crippen molar-refractivity contribution in [3.05, 3.63) is 30.2 Å². The lowest BCUT2D eigenvalue weighted by Gasteiger charge is -2.44. The number of fused-ring (bicyclic) bond motifs is 2. The zero-order chi connectivity index (χ0) is 27.3. The van der Waals surface area contributed by atoms with Crippen LogP contribution in [-0.2, 0) is 4.74 Å². The minimum absolute atomic E-state index is 0.000685. The van der Waals surface area contributed by atoms with Crippen LogP contribution in [0.3, 0.4) is 0 Å². The van der Waals surface area contributed by atoms with Gasteiger partial charge in [-0.15, -0.1) is 10.2 Å². The largest absolute Gasteiger partial charge is 0.479 e. The van der Waals surface area contributed by atoms with Gasteiger partial charge in [0.1, 0.15) is 30.4 Å². The molecule has 2 fully saturated rings. The molecule has 10 nitrogen and oxygen atoms in total. The van der Waals surface area contributed by atoms with E-state index >= 15 is 4.39 Å². The number of aromatic nitrogens is 6. The van der Waals surface area contributed by atoms with E-state index in [0.29, 0.717) is 36.4 Å². The van der Waals surface area contributed by atoms with E-state index in [4.69, 9.17) is 9.47 Å². The summed E-state index contributed by atoms with van der Waals surface area (Å²) in [7, 11) is 1.32. The zero-order valence-corrected chi connectivity index (χ0v) is 20.8. The summed E-state index contributed by atoms with van der Waals surface area (Å²) in [4.78, 5) is 5.98. The zero-order valence-electron chi connectivity index (χ0n) is 20.8. The number of hydrogen-bond donors (Lipinski definition) is 1. The second-order valence-corrected chi connectivity index (χ2v) is 9.70. The topological polar surface area (TPSA) is 94.6 Å². The predicted molar refractivity (Wildman–Crippen MR) is 130 cm³/mol. The lowest BCUT2D eigenvalue weighted by Crippen LogP contribution is -2.61. The van der Waals surface area contributed by atoms with Gasteiger partial charge in [-0.05, 0) is 24.1 Å². The lowest BCUT2D eigenvalue weighted by atomic mass is 9.98. The summed E-state index contributed by atoms with van der Waals surface area (Å²) in [5.74, 6) is -3.93. The molecule has 39 heavy (non-hydrogen) atoms. The number of rotatable bonds is 8. The van der Waals surface area contributed by atoms with E-state index in [0.717, 1.165) is 10.9 Å². The Bertz CT molecular complexity index is 1500. The molecule has 6 rings (SSSR count). The molecule has 2 saturated heterocycles. The third-order valence-electron chi connectivity index (χ3n) is 7.28. The number of alkyl halides is 4. The number of benzene rings is 1. The number of likely N-dealkylation sites (tertiary alicyclic amines) is 1. The molecule has 2 aliphatic rings. The highest BCUT2D eigenvalue weighted by molar-refractivity contribution is 5.89. The first kappa shape index (κ1) is 25.7. The van der Waals surface area contributed by atoms with Gasteiger partial charge in [-0.25, -0.2) is 31.1 Å². The first-order valence-corrected chi connectivity index (χ1v) is 12.4. The smallest absolute Gasteiger partial charge is 0.280 e. The Morgan fingerprint density at radius 3 is 2.69 bits per heavy atom. The van der Waals surface area contributed by atoms with Gasteiger partial charge in [0.05, 0.1) is 56.2 Å². The molecule has 5 heterocycles. The van der Waals surface area contributed by atoms with Crippen molar-refractivity contribution in [1.29, 1.82) is 0 Å². The van der Waals surface area contributed by atoms with Crippen LogP contribution in [0, 0.1) is 5.82 Å². The SMILES string of the molecule is COc1nc(NC2CCN(C3COC3)CC2(F)F)nn2cc(F)c(-c3ccc4nnn(C(CF)CF)c4c3)c12. The number of halogens is 5. The first-order chi connectivity index (χ1) is 18.8. The molecule has 1 aromatic carbocycles. The van der Waals surface area contributed by atoms with Crippen LogP contribution in [0.1, 0.15) is 12.5 Å². The standard InChI is InChI=1S/C24H25F5N8O2/c1-38-22-21-20(13-2-3-17-18(6-13)37(34-32-17)14(7-25)8-26)16(27)9-36(21)33-23(31-22)30-19-4-5-35(12-24(19,28)29)15-10-39-11-15/h2-3,6,9,14-15,19H,4-5,7-8,10-12H2,1H3,(H,30,33). The molecule has 4 aromatic rings. The van der Waals surface area contributed by atoms with Crippen molar-refractivity contribution >= 4 is 22.5 Å². The molecule has 1 N–H and O–H groups in total. The van der Waals surface area contributed by atoms with E-state index in [9.17, 15) is 17.6 Å². The summed E-state index contributed by atoms with van der Waals surface area (Å²) in [6.07, 6.45) is 1.24. The Hall–Kier alpha value is -3.59. The predicted octanol–water partition coefficient (Wildman–Crippen LogP) is 3.29. The van der Waals surface area contributed by atoms with Crippen molar-refractivity contribution in [1.82, 2.24) is 34.5 Å². The van der Waals surface area contributed by atoms with Crippen LogP contribution < -0.4 is 10.1 Å². The van der Waals surface area contributed by atoms with Gasteiger partial charge in [-0.2, -0.15) is 4.98 Å². The van der Waals surface area contributed by atoms with E-state index in [1.807, 2.05) is 0 Å². The number of methoxy groups -OCH3 is 1. The van der Waals surface area contributed by atoms with Crippen LogP contribution in [0.15, 0.2) is 24.4 Å². The molecular formula is C24H25F5N8O2. The summed E-state index contributed by atoms with van der Waals surface area (Å²) in [6, 6.07) is 2.24. The molecule has 15 heteroatoms. The molecule has 0 saturated carbocycles. The van der Waals surface area contributed by atoms with Gasteiger partial charge in [-0.3, -0.25) is 4.90 Å². The average molecular weight is 553 g/mol. The quantitative estimate of drug-likeness (QED) is 0.333. The summed E-state index contributed by atoms with van der Waals surface area (Å²) < 4.78 is 84.8. The van der Waals surface area contributed by atoms with Gasteiger partial charge in [0.25, 0.3) is 5.92 Å². The van der Waals surface area contributed by atoms with Gasteiger partial charge in [0.15, 0.2) is 5.82 Å². The highest BCUT2D eigenvalue weighted by Gasteiger charge is 2.47. The van der Waals surface area contributed by atoms with Crippen molar-refractivity contribution in [3.63, 3.8) is 0 Å². The maximum atomic E-state index is 15.3. The van der Waals surface area contributed by atoms with Crippen LogP contribution in [0.2, 0.25) is 0 Å². The molecule has 1 unspecified atom stereocenters.